The Balaban J connectivity index is 2.21. The van der Waals surface area contributed by atoms with Crippen LogP contribution < -0.4 is 10.1 Å². The van der Waals surface area contributed by atoms with Crippen LogP contribution in [0.25, 0.3) is 0 Å². The summed E-state index contributed by atoms with van der Waals surface area (Å²) in [5.41, 5.74) is 0.703. The van der Waals surface area contributed by atoms with Gasteiger partial charge in [0.25, 0.3) is 0 Å². The minimum atomic E-state index is -0.513. The Labute approximate surface area is 117 Å². The molecule has 1 heterocycles. The van der Waals surface area contributed by atoms with Crippen molar-refractivity contribution in [3.8, 4) is 5.75 Å². The number of hydrogen-bond donors (Lipinski definition) is 1. The van der Waals surface area contributed by atoms with Crippen molar-refractivity contribution in [2.45, 2.75) is 12.8 Å². The zero-order chi connectivity index (χ0) is 14.5. The molecule has 1 aliphatic heterocycles. The summed E-state index contributed by atoms with van der Waals surface area (Å²) < 4.78 is 9.80. The van der Waals surface area contributed by atoms with Crippen LogP contribution in [0, 0.1) is 0 Å². The van der Waals surface area contributed by atoms with Crippen LogP contribution in [0.15, 0.2) is 18.2 Å². The lowest BCUT2D eigenvalue weighted by Gasteiger charge is -2.17. The van der Waals surface area contributed by atoms with Crippen molar-refractivity contribution < 1.29 is 19.1 Å². The largest absolute Gasteiger partial charge is 0.497 e. The van der Waals surface area contributed by atoms with Crippen LogP contribution in [0.5, 0.6) is 5.75 Å². The number of methoxy groups -OCH3 is 2. The van der Waals surface area contributed by atoms with Gasteiger partial charge in [0.15, 0.2) is 0 Å². The predicted molar refractivity (Wildman–Crippen MR) is 74.2 cm³/mol. The highest BCUT2D eigenvalue weighted by Gasteiger charge is 2.20. The first-order chi connectivity index (χ1) is 9.65. The van der Waals surface area contributed by atoms with Crippen LogP contribution in [0.4, 0.5) is 10.5 Å². The molecule has 1 aromatic rings. The van der Waals surface area contributed by atoms with Crippen molar-refractivity contribution in [2.75, 3.05) is 32.6 Å². The van der Waals surface area contributed by atoms with Gasteiger partial charge in [-0.15, -0.1) is 0 Å². The fraction of sp³-hybridized carbons (Fsp3) is 0.429. The number of benzene rings is 1. The molecule has 0 radical (unpaired) electrons. The van der Waals surface area contributed by atoms with Gasteiger partial charge in [0.1, 0.15) is 5.75 Å². The minimum Gasteiger partial charge on any atom is -0.497 e. The molecule has 0 aliphatic carbocycles. The fourth-order valence-corrected chi connectivity index (χ4v) is 2.15. The van der Waals surface area contributed by atoms with Crippen LogP contribution in [0.1, 0.15) is 23.2 Å². The molecule has 1 aliphatic rings. The van der Waals surface area contributed by atoms with Crippen molar-refractivity contribution in [3.63, 3.8) is 0 Å². The van der Waals surface area contributed by atoms with Gasteiger partial charge in [-0.25, -0.2) is 9.59 Å². The molecule has 0 atom stereocenters. The molecular formula is C14H18N2O4. The molecule has 108 valence electrons. The van der Waals surface area contributed by atoms with Gasteiger partial charge in [-0.05, 0) is 31.0 Å². The number of rotatable bonds is 3. The second kappa shape index (κ2) is 6.27. The van der Waals surface area contributed by atoms with Gasteiger partial charge in [0.2, 0.25) is 0 Å². The maximum absolute atomic E-state index is 12.1. The molecule has 0 spiro atoms. The Morgan fingerprint density at radius 3 is 2.50 bits per heavy atom. The van der Waals surface area contributed by atoms with Crippen molar-refractivity contribution in [2.24, 2.45) is 0 Å². The van der Waals surface area contributed by atoms with E-state index in [9.17, 15) is 9.59 Å². The van der Waals surface area contributed by atoms with Crippen LogP contribution in [0.2, 0.25) is 0 Å². The first kappa shape index (κ1) is 14.2. The monoisotopic (exact) mass is 278 g/mol. The van der Waals surface area contributed by atoms with Crippen LogP contribution in [0.3, 0.4) is 0 Å². The molecule has 6 nitrogen and oxygen atoms in total. The van der Waals surface area contributed by atoms with E-state index in [4.69, 9.17) is 9.47 Å². The molecule has 20 heavy (non-hydrogen) atoms. The molecule has 0 bridgehead atoms. The zero-order valence-electron chi connectivity index (χ0n) is 11.6. The quantitative estimate of drug-likeness (QED) is 0.860. The van der Waals surface area contributed by atoms with Crippen LogP contribution >= 0.6 is 0 Å². The molecule has 1 fully saturated rings. The number of carbonyl (C=O) groups excluding carboxylic acids is 2. The predicted octanol–water partition coefficient (Wildman–Crippen LogP) is 2.11. The average molecular weight is 278 g/mol. The van der Waals surface area contributed by atoms with Crippen molar-refractivity contribution in [3.05, 3.63) is 23.8 Å². The lowest BCUT2D eigenvalue weighted by atomic mass is 10.1. The highest BCUT2D eigenvalue weighted by molar-refractivity contribution is 6.01. The number of nitrogens with one attached hydrogen (secondary N) is 1. The van der Waals surface area contributed by atoms with E-state index in [2.05, 4.69) is 5.32 Å². The number of ether oxygens (including phenoxy) is 2. The van der Waals surface area contributed by atoms with Gasteiger partial charge in [0.05, 0.1) is 25.5 Å². The van der Waals surface area contributed by atoms with Crippen molar-refractivity contribution in [1.82, 2.24) is 4.90 Å². The third-order valence-corrected chi connectivity index (χ3v) is 3.27. The van der Waals surface area contributed by atoms with Crippen LogP contribution in [-0.2, 0) is 4.74 Å². The van der Waals surface area contributed by atoms with E-state index in [-0.39, 0.29) is 11.6 Å². The number of nitrogens with zero attached hydrogens (tertiary/aromatic N) is 1. The highest BCUT2D eigenvalue weighted by Crippen LogP contribution is 2.23. The molecule has 0 aromatic heterocycles. The van der Waals surface area contributed by atoms with Gasteiger partial charge in [-0.1, -0.05) is 0 Å². The van der Waals surface area contributed by atoms with Crippen LogP contribution in [-0.4, -0.2) is 44.2 Å². The van der Waals surface area contributed by atoms with Gasteiger partial charge in [-0.3, -0.25) is 0 Å². The first-order valence-electron chi connectivity index (χ1n) is 6.48. The third kappa shape index (κ3) is 3.01. The SMILES string of the molecule is COC(=O)c1cc(OC)ccc1NC(=O)N1CCCC1. The lowest BCUT2D eigenvalue weighted by Crippen LogP contribution is -2.32. The molecule has 1 aromatic carbocycles. The van der Waals surface area contributed by atoms with E-state index in [0.717, 1.165) is 25.9 Å². The summed E-state index contributed by atoms with van der Waals surface area (Å²) in [4.78, 5) is 25.6. The summed E-state index contributed by atoms with van der Waals surface area (Å²) in [7, 11) is 2.81. The van der Waals surface area contributed by atoms with E-state index in [1.165, 1.54) is 14.2 Å². The number of anilines is 1. The Bertz CT molecular complexity index is 510. The molecule has 1 saturated heterocycles. The Hall–Kier alpha value is -2.24. The smallest absolute Gasteiger partial charge is 0.340 e. The molecule has 2 amide bonds. The van der Waals surface area contributed by atoms with E-state index in [1.807, 2.05) is 0 Å². The van der Waals surface area contributed by atoms with Gasteiger partial charge in [0, 0.05) is 13.1 Å². The Kier molecular flexibility index (Phi) is 4.45. The summed E-state index contributed by atoms with van der Waals surface area (Å²) in [6.45, 7) is 1.49. The first-order valence-corrected chi connectivity index (χ1v) is 6.48. The van der Waals surface area contributed by atoms with E-state index >= 15 is 0 Å². The maximum atomic E-state index is 12.1. The molecule has 6 heteroatoms. The highest BCUT2D eigenvalue weighted by atomic mass is 16.5. The molecule has 0 unspecified atom stereocenters. The Morgan fingerprint density at radius 1 is 1.20 bits per heavy atom. The standard InChI is InChI=1S/C14H18N2O4/c1-19-10-5-6-12(11(9-10)13(17)20-2)15-14(18)16-7-3-4-8-16/h5-6,9H,3-4,7-8H2,1-2H3,(H,15,18). The third-order valence-electron chi connectivity index (χ3n) is 3.27. The second-order valence-corrected chi connectivity index (χ2v) is 4.53. The van der Waals surface area contributed by atoms with Gasteiger partial charge >= 0.3 is 12.0 Å². The van der Waals surface area contributed by atoms with E-state index in [1.54, 1.807) is 23.1 Å². The summed E-state index contributed by atoms with van der Waals surface area (Å²) in [6, 6.07) is 4.68. The van der Waals surface area contributed by atoms with Gasteiger partial charge in [-0.2, -0.15) is 0 Å². The van der Waals surface area contributed by atoms with Gasteiger partial charge < -0.3 is 19.7 Å². The number of amides is 2. The summed E-state index contributed by atoms with van der Waals surface area (Å²) in [5.74, 6) is 0.0187. The summed E-state index contributed by atoms with van der Waals surface area (Å²) >= 11 is 0. The fourth-order valence-electron chi connectivity index (χ4n) is 2.15. The zero-order valence-corrected chi connectivity index (χ0v) is 11.6. The summed E-state index contributed by atoms with van der Waals surface area (Å²) in [6.07, 6.45) is 2.03. The summed E-state index contributed by atoms with van der Waals surface area (Å²) in [5, 5.41) is 2.75. The van der Waals surface area contributed by atoms with E-state index in [0.29, 0.717) is 11.4 Å². The van der Waals surface area contributed by atoms with Crippen molar-refractivity contribution in [1.29, 1.82) is 0 Å². The second-order valence-electron chi connectivity index (χ2n) is 4.53. The number of esters is 1. The van der Waals surface area contributed by atoms with E-state index < -0.39 is 5.97 Å². The lowest BCUT2D eigenvalue weighted by molar-refractivity contribution is 0.0601. The number of likely N-dealkylation sites (tertiary alicyclic amines) is 1. The maximum Gasteiger partial charge on any atom is 0.340 e. The molecular weight excluding hydrogens is 260 g/mol. The number of urea groups is 1. The average Bonchev–Trinajstić information content (AvgIpc) is 3.01. The molecule has 0 saturated carbocycles. The normalized spacial score (nSPS) is 14.0. The number of carbonyl (C=O) groups is 2. The molecule has 2 rings (SSSR count). The Morgan fingerprint density at radius 2 is 1.90 bits per heavy atom. The topological polar surface area (TPSA) is 67.9 Å². The minimum absolute atomic E-state index is 0.196. The number of hydrogen-bond acceptors (Lipinski definition) is 4. The van der Waals surface area contributed by atoms with Crippen molar-refractivity contribution >= 4 is 17.7 Å². The molecule has 1 N–H and O–H groups in total.